The van der Waals surface area contributed by atoms with Crippen molar-refractivity contribution in [2.45, 2.75) is 6.92 Å². The third-order valence-electron chi connectivity index (χ3n) is 1.04. The van der Waals surface area contributed by atoms with E-state index in [1.807, 2.05) is 6.92 Å². The number of hydrazine groups is 1. The smallest absolute Gasteiger partial charge is 0.294 e. The Kier molecular flexibility index (Phi) is 1.72. The fourth-order valence-electron chi connectivity index (χ4n) is 0.496. The summed E-state index contributed by atoms with van der Waals surface area (Å²) in [6.45, 7) is 2.38. The molecule has 6 heteroatoms. The number of aromatic nitrogens is 2. The van der Waals surface area contributed by atoms with Gasteiger partial charge < -0.3 is 0 Å². The maximum atomic E-state index is 10.3. The summed E-state index contributed by atoms with van der Waals surface area (Å²) in [5, 5.41) is 4.61. The van der Waals surface area contributed by atoms with Crippen LogP contribution in [0.5, 0.6) is 0 Å². The van der Waals surface area contributed by atoms with Crippen LogP contribution in [0.1, 0.15) is 6.92 Å². The molecule has 10 heavy (non-hydrogen) atoms. The molecule has 0 spiro atoms. The summed E-state index contributed by atoms with van der Waals surface area (Å²) in [6, 6.07) is 0. The third kappa shape index (κ3) is 1.16. The number of nitrogens with one attached hydrogen (secondary N) is 1. The summed E-state index contributed by atoms with van der Waals surface area (Å²) in [4.78, 5) is 12.6. The summed E-state index contributed by atoms with van der Waals surface area (Å²) in [6.07, 6.45) is 0. The second kappa shape index (κ2) is 2.53. The van der Waals surface area contributed by atoms with Crippen LogP contribution in [0.4, 0.5) is 5.95 Å². The topological polar surface area (TPSA) is 88.2 Å². The molecule has 0 amide bonds. The number of anilines is 1. The molecule has 0 bridgehead atoms. The lowest BCUT2D eigenvalue weighted by Gasteiger charge is -2.08. The van der Waals surface area contributed by atoms with Gasteiger partial charge >= 0.3 is 5.76 Å². The molecule has 0 saturated carbocycles. The highest BCUT2D eigenvalue weighted by Gasteiger charge is 2.03. The van der Waals surface area contributed by atoms with Gasteiger partial charge in [-0.2, -0.15) is 0 Å². The van der Waals surface area contributed by atoms with Gasteiger partial charge in [0.05, 0.1) is 0 Å². The zero-order valence-corrected chi connectivity index (χ0v) is 5.50. The van der Waals surface area contributed by atoms with Crippen LogP contribution in [0.25, 0.3) is 0 Å². The first-order chi connectivity index (χ1) is 4.74. The van der Waals surface area contributed by atoms with E-state index in [9.17, 15) is 4.79 Å². The molecule has 1 aromatic heterocycles. The van der Waals surface area contributed by atoms with Crippen molar-refractivity contribution in [1.82, 2.24) is 10.1 Å². The van der Waals surface area contributed by atoms with Crippen molar-refractivity contribution in [2.24, 2.45) is 5.84 Å². The SMILES string of the molecule is CCN(N)c1noc(=O)[nH]1. The molecule has 3 N–H and O–H groups in total. The lowest BCUT2D eigenvalue weighted by molar-refractivity contribution is 0.386. The van der Waals surface area contributed by atoms with E-state index in [-0.39, 0.29) is 5.95 Å². The molecular formula is C4H8N4O2. The first-order valence-electron chi connectivity index (χ1n) is 2.82. The molecule has 0 aliphatic carbocycles. The normalized spacial score (nSPS) is 9.80. The highest BCUT2D eigenvalue weighted by atomic mass is 16.5. The van der Waals surface area contributed by atoms with E-state index in [1.165, 1.54) is 5.01 Å². The molecule has 0 radical (unpaired) electrons. The molecular weight excluding hydrogens is 136 g/mol. The standard InChI is InChI=1S/C4H8N4O2/c1-2-8(5)3-6-4(9)10-7-3/h2,5H2,1H3,(H,6,7,9). The summed E-state index contributed by atoms with van der Waals surface area (Å²) >= 11 is 0. The number of aromatic amines is 1. The number of H-pyrrole nitrogens is 1. The monoisotopic (exact) mass is 144 g/mol. The second-order valence-corrected chi connectivity index (χ2v) is 1.70. The maximum absolute atomic E-state index is 10.3. The molecule has 1 rings (SSSR count). The highest BCUT2D eigenvalue weighted by molar-refractivity contribution is 5.21. The van der Waals surface area contributed by atoms with Crippen LogP contribution in [0.3, 0.4) is 0 Å². The fraction of sp³-hybridized carbons (Fsp3) is 0.500. The van der Waals surface area contributed by atoms with E-state index >= 15 is 0 Å². The molecule has 56 valence electrons. The maximum Gasteiger partial charge on any atom is 0.440 e. The quantitative estimate of drug-likeness (QED) is 0.413. The first-order valence-corrected chi connectivity index (χ1v) is 2.82. The lowest BCUT2D eigenvalue weighted by atomic mass is 10.7. The van der Waals surface area contributed by atoms with Crippen LogP contribution >= 0.6 is 0 Å². The van der Waals surface area contributed by atoms with Crippen LogP contribution in [-0.4, -0.2) is 16.7 Å². The Bertz CT molecular complexity index is 252. The van der Waals surface area contributed by atoms with Crippen molar-refractivity contribution in [3.8, 4) is 0 Å². The van der Waals surface area contributed by atoms with Gasteiger partial charge in [-0.1, -0.05) is 0 Å². The van der Waals surface area contributed by atoms with Gasteiger partial charge in [0.15, 0.2) is 0 Å². The summed E-state index contributed by atoms with van der Waals surface area (Å²) in [5.74, 6) is 4.99. The average Bonchev–Trinajstić information content (AvgIpc) is 2.34. The minimum atomic E-state index is -0.598. The minimum absolute atomic E-state index is 0.243. The van der Waals surface area contributed by atoms with Crippen molar-refractivity contribution >= 4 is 5.95 Å². The summed E-state index contributed by atoms with van der Waals surface area (Å²) in [5.41, 5.74) is 0. The van der Waals surface area contributed by atoms with Crippen molar-refractivity contribution in [3.63, 3.8) is 0 Å². The van der Waals surface area contributed by atoms with Crippen molar-refractivity contribution < 1.29 is 4.52 Å². The molecule has 0 aliphatic rings. The van der Waals surface area contributed by atoms with Crippen LogP contribution in [0.15, 0.2) is 9.32 Å². The minimum Gasteiger partial charge on any atom is -0.294 e. The van der Waals surface area contributed by atoms with Gasteiger partial charge in [-0.15, -0.1) is 0 Å². The highest BCUT2D eigenvalue weighted by Crippen LogP contribution is 1.94. The van der Waals surface area contributed by atoms with Gasteiger partial charge in [-0.25, -0.2) is 10.6 Å². The molecule has 0 saturated heterocycles. The Hall–Kier alpha value is -1.30. The largest absolute Gasteiger partial charge is 0.440 e. The van der Waals surface area contributed by atoms with Gasteiger partial charge in [-0.3, -0.25) is 14.5 Å². The van der Waals surface area contributed by atoms with Gasteiger partial charge in [0, 0.05) is 6.54 Å². The van der Waals surface area contributed by atoms with E-state index in [4.69, 9.17) is 5.84 Å². The third-order valence-corrected chi connectivity index (χ3v) is 1.04. The Morgan fingerprint density at radius 2 is 2.60 bits per heavy atom. The van der Waals surface area contributed by atoms with Gasteiger partial charge in [0.2, 0.25) is 0 Å². The zero-order chi connectivity index (χ0) is 7.56. The van der Waals surface area contributed by atoms with E-state index in [1.54, 1.807) is 0 Å². The molecule has 0 atom stereocenters. The molecule has 0 aromatic carbocycles. The predicted octanol–water partition coefficient (Wildman–Crippen LogP) is -0.937. The van der Waals surface area contributed by atoms with Crippen molar-refractivity contribution in [3.05, 3.63) is 10.6 Å². The Morgan fingerprint density at radius 1 is 1.90 bits per heavy atom. The first kappa shape index (κ1) is 6.81. The number of hydrogen-bond donors (Lipinski definition) is 2. The van der Waals surface area contributed by atoms with Crippen LogP contribution < -0.4 is 16.6 Å². The molecule has 1 heterocycles. The Balaban J connectivity index is 2.84. The second-order valence-electron chi connectivity index (χ2n) is 1.70. The molecule has 1 aromatic rings. The van der Waals surface area contributed by atoms with Gasteiger partial charge in [0.1, 0.15) is 0 Å². The van der Waals surface area contributed by atoms with Crippen LogP contribution in [0, 0.1) is 0 Å². The summed E-state index contributed by atoms with van der Waals surface area (Å²) in [7, 11) is 0. The van der Waals surface area contributed by atoms with E-state index in [0.29, 0.717) is 6.54 Å². The number of nitrogens with two attached hydrogens (primary N) is 1. The predicted molar refractivity (Wildman–Crippen MR) is 34.3 cm³/mol. The Morgan fingerprint density at radius 3 is 3.00 bits per heavy atom. The molecule has 0 fully saturated rings. The van der Waals surface area contributed by atoms with Gasteiger partial charge in [-0.05, 0) is 12.1 Å². The van der Waals surface area contributed by atoms with Crippen molar-refractivity contribution in [1.29, 1.82) is 0 Å². The van der Waals surface area contributed by atoms with E-state index in [0.717, 1.165) is 0 Å². The zero-order valence-electron chi connectivity index (χ0n) is 5.50. The van der Waals surface area contributed by atoms with E-state index < -0.39 is 5.76 Å². The number of nitrogens with zero attached hydrogens (tertiary/aromatic N) is 2. The van der Waals surface area contributed by atoms with Crippen molar-refractivity contribution in [2.75, 3.05) is 11.6 Å². The van der Waals surface area contributed by atoms with Crippen LogP contribution in [-0.2, 0) is 0 Å². The van der Waals surface area contributed by atoms with E-state index in [2.05, 4.69) is 14.7 Å². The lowest BCUT2D eigenvalue weighted by Crippen LogP contribution is -2.31. The molecule has 0 unspecified atom stereocenters. The average molecular weight is 144 g/mol. The van der Waals surface area contributed by atoms with Crippen LogP contribution in [0.2, 0.25) is 0 Å². The molecule has 6 nitrogen and oxygen atoms in total. The molecule has 0 aliphatic heterocycles. The van der Waals surface area contributed by atoms with Gasteiger partial charge in [0.25, 0.3) is 5.95 Å². The summed E-state index contributed by atoms with van der Waals surface area (Å²) < 4.78 is 4.20. The Labute approximate surface area is 56.6 Å². The fourth-order valence-corrected chi connectivity index (χ4v) is 0.496. The number of hydrogen-bond acceptors (Lipinski definition) is 5. The number of rotatable bonds is 2.